The van der Waals surface area contributed by atoms with Crippen molar-refractivity contribution in [1.29, 1.82) is 0 Å². The summed E-state index contributed by atoms with van der Waals surface area (Å²) in [7, 11) is 0. The summed E-state index contributed by atoms with van der Waals surface area (Å²) < 4.78 is 26.5. The maximum Gasteiger partial charge on any atom is 0.259 e. The monoisotopic (exact) mass is 230 g/mol. The largest absolute Gasteiger partial charge is 0.359 e. The number of carbonyl (C=O) groups is 1. The molecular weight excluding hydrogens is 214 g/mol. The number of hydrogen-bond donors (Lipinski definition) is 2. The lowest BCUT2D eigenvalue weighted by atomic mass is 9.96. The quantitative estimate of drug-likeness (QED) is 0.566. The van der Waals surface area contributed by atoms with Gasteiger partial charge in [-0.05, 0) is 26.7 Å². The molecule has 0 aromatic carbocycles. The zero-order chi connectivity index (χ0) is 12.6. The van der Waals surface area contributed by atoms with Crippen molar-refractivity contribution in [2.24, 2.45) is 11.1 Å². The lowest BCUT2D eigenvalue weighted by molar-refractivity contribution is -0.142. The van der Waals surface area contributed by atoms with Crippen molar-refractivity contribution < 1.29 is 13.6 Å². The smallest absolute Gasteiger partial charge is 0.259 e. The fourth-order valence-corrected chi connectivity index (χ4v) is 1.61. The minimum atomic E-state index is -3.00. The molecule has 1 aliphatic rings. The number of hydrogen-bond acceptors (Lipinski definition) is 2. The molecular formula is C11H16F2N2O. The third kappa shape index (κ3) is 2.26. The minimum absolute atomic E-state index is 0.217. The van der Waals surface area contributed by atoms with Gasteiger partial charge >= 0.3 is 0 Å². The third-order valence-corrected chi connectivity index (χ3v) is 2.84. The maximum atomic E-state index is 13.3. The van der Waals surface area contributed by atoms with Gasteiger partial charge in [0.05, 0.1) is 5.54 Å². The zero-order valence-corrected chi connectivity index (χ0v) is 9.66. The van der Waals surface area contributed by atoms with Crippen molar-refractivity contribution >= 4 is 5.91 Å². The van der Waals surface area contributed by atoms with Gasteiger partial charge in [0.1, 0.15) is 5.41 Å². The van der Waals surface area contributed by atoms with Gasteiger partial charge in [0, 0.05) is 13.0 Å². The topological polar surface area (TPSA) is 55.1 Å². The Bertz CT molecular complexity index is 356. The highest BCUT2D eigenvalue weighted by Gasteiger charge is 2.64. The average molecular weight is 230 g/mol. The van der Waals surface area contributed by atoms with E-state index in [2.05, 4.69) is 17.3 Å². The van der Waals surface area contributed by atoms with Crippen LogP contribution in [0.25, 0.3) is 0 Å². The number of halogens is 2. The lowest BCUT2D eigenvalue weighted by Crippen LogP contribution is -2.50. The molecule has 1 fully saturated rings. The minimum Gasteiger partial charge on any atom is -0.359 e. The van der Waals surface area contributed by atoms with Crippen LogP contribution in [0.1, 0.15) is 33.6 Å². The average Bonchev–Trinajstić information content (AvgIpc) is 2.79. The molecule has 0 aromatic heterocycles. The predicted molar refractivity (Wildman–Crippen MR) is 56.5 cm³/mol. The Hall–Kier alpha value is -1.31. The molecule has 3 N–H and O–H groups in total. The molecule has 0 spiro atoms. The highest BCUT2D eigenvalue weighted by Crippen LogP contribution is 2.56. The van der Waals surface area contributed by atoms with E-state index in [4.69, 9.17) is 5.73 Å². The Kier molecular flexibility index (Phi) is 2.88. The Morgan fingerprint density at radius 1 is 1.38 bits per heavy atom. The van der Waals surface area contributed by atoms with Crippen LogP contribution in [0.2, 0.25) is 0 Å². The summed E-state index contributed by atoms with van der Waals surface area (Å²) in [6, 6.07) is 2.17. The van der Waals surface area contributed by atoms with E-state index in [0.29, 0.717) is 0 Å². The van der Waals surface area contributed by atoms with Crippen LogP contribution >= 0.6 is 0 Å². The fraction of sp³-hybridized carbons (Fsp3) is 0.727. The molecule has 0 heterocycles. The van der Waals surface area contributed by atoms with E-state index in [-0.39, 0.29) is 12.8 Å². The van der Waals surface area contributed by atoms with Crippen molar-refractivity contribution in [3.63, 3.8) is 0 Å². The maximum absolute atomic E-state index is 13.3. The van der Waals surface area contributed by atoms with Gasteiger partial charge in [0.2, 0.25) is 5.91 Å². The molecule has 1 aliphatic carbocycles. The fourth-order valence-electron chi connectivity index (χ4n) is 1.61. The SMILES string of the molecule is CC(C)(C#CN)NC(=O)C1(C(C)(F)F)CC1. The summed E-state index contributed by atoms with van der Waals surface area (Å²) in [6.45, 7) is 4.02. The van der Waals surface area contributed by atoms with E-state index < -0.39 is 22.8 Å². The molecule has 5 heteroatoms. The van der Waals surface area contributed by atoms with Gasteiger partial charge < -0.3 is 11.1 Å². The molecule has 0 unspecified atom stereocenters. The first-order chi connectivity index (χ1) is 7.15. The molecule has 1 amide bonds. The molecule has 3 nitrogen and oxygen atoms in total. The van der Waals surface area contributed by atoms with Crippen molar-refractivity contribution in [3.05, 3.63) is 0 Å². The van der Waals surface area contributed by atoms with Crippen LogP contribution < -0.4 is 11.1 Å². The summed E-state index contributed by atoms with van der Waals surface area (Å²) in [4.78, 5) is 11.8. The van der Waals surface area contributed by atoms with Gasteiger partial charge in [0.15, 0.2) is 0 Å². The lowest BCUT2D eigenvalue weighted by Gasteiger charge is -2.27. The first-order valence-corrected chi connectivity index (χ1v) is 5.08. The zero-order valence-electron chi connectivity index (χ0n) is 9.66. The van der Waals surface area contributed by atoms with E-state index in [9.17, 15) is 13.6 Å². The number of carbonyl (C=O) groups excluding carboxylic acids is 1. The van der Waals surface area contributed by atoms with Gasteiger partial charge in [0.25, 0.3) is 5.92 Å². The highest BCUT2D eigenvalue weighted by molar-refractivity contribution is 5.87. The van der Waals surface area contributed by atoms with Gasteiger partial charge in [-0.2, -0.15) is 0 Å². The third-order valence-electron chi connectivity index (χ3n) is 2.84. The van der Waals surface area contributed by atoms with Gasteiger partial charge in [-0.25, -0.2) is 8.78 Å². The van der Waals surface area contributed by atoms with Gasteiger partial charge in [-0.15, -0.1) is 0 Å². The second-order valence-corrected chi connectivity index (χ2v) is 4.82. The number of nitrogens with two attached hydrogens (primary N) is 1. The normalized spacial score (nSPS) is 18.3. The standard InChI is InChI=1S/C11H16F2N2O/c1-9(2,6-7-14)15-8(16)11(4-5-11)10(3,12)13/h4-5,14H2,1-3H3,(H,15,16). The summed E-state index contributed by atoms with van der Waals surface area (Å²) in [5.74, 6) is -1.09. The van der Waals surface area contributed by atoms with Crippen LogP contribution in [-0.4, -0.2) is 17.4 Å². The molecule has 0 aromatic rings. The second-order valence-electron chi connectivity index (χ2n) is 4.82. The molecule has 1 saturated carbocycles. The predicted octanol–water partition coefficient (Wildman–Crippen LogP) is 1.24. The number of amides is 1. The van der Waals surface area contributed by atoms with Gasteiger partial charge in [-0.3, -0.25) is 4.79 Å². The summed E-state index contributed by atoms with van der Waals surface area (Å²) in [6.07, 6.45) is 0.433. The van der Waals surface area contributed by atoms with Crippen LogP contribution in [0.15, 0.2) is 0 Å². The van der Waals surface area contributed by atoms with Crippen molar-refractivity contribution in [3.8, 4) is 12.0 Å². The van der Waals surface area contributed by atoms with Crippen LogP contribution in [-0.2, 0) is 4.79 Å². The van der Waals surface area contributed by atoms with E-state index in [1.54, 1.807) is 13.8 Å². The number of rotatable bonds is 3. The number of nitrogens with one attached hydrogen (secondary N) is 1. The molecule has 1 rings (SSSR count). The number of alkyl halides is 2. The first kappa shape index (κ1) is 12.8. The Morgan fingerprint density at radius 2 is 1.88 bits per heavy atom. The molecule has 90 valence electrons. The van der Waals surface area contributed by atoms with Gasteiger partial charge in [-0.1, -0.05) is 5.92 Å². The molecule has 0 saturated heterocycles. The molecule has 16 heavy (non-hydrogen) atoms. The molecule has 0 atom stereocenters. The van der Waals surface area contributed by atoms with Crippen LogP contribution in [0.5, 0.6) is 0 Å². The summed E-state index contributed by atoms with van der Waals surface area (Å²) in [5.41, 5.74) is 2.62. The summed E-state index contributed by atoms with van der Waals surface area (Å²) in [5, 5.41) is 2.49. The van der Waals surface area contributed by atoms with Crippen molar-refractivity contribution in [2.45, 2.75) is 45.1 Å². The van der Waals surface area contributed by atoms with Crippen LogP contribution in [0, 0.1) is 17.4 Å². The Labute approximate surface area is 93.8 Å². The first-order valence-electron chi connectivity index (χ1n) is 5.08. The van der Waals surface area contributed by atoms with E-state index in [1.165, 1.54) is 0 Å². The Balaban J connectivity index is 2.77. The summed E-state index contributed by atoms with van der Waals surface area (Å²) >= 11 is 0. The second kappa shape index (κ2) is 3.62. The Morgan fingerprint density at radius 3 is 2.19 bits per heavy atom. The van der Waals surface area contributed by atoms with Crippen molar-refractivity contribution in [2.75, 3.05) is 0 Å². The molecule has 0 aliphatic heterocycles. The van der Waals surface area contributed by atoms with Crippen molar-refractivity contribution in [1.82, 2.24) is 5.32 Å². The van der Waals surface area contributed by atoms with E-state index in [0.717, 1.165) is 6.92 Å². The molecule has 0 radical (unpaired) electrons. The highest BCUT2D eigenvalue weighted by atomic mass is 19.3. The van der Waals surface area contributed by atoms with E-state index >= 15 is 0 Å². The van der Waals surface area contributed by atoms with E-state index in [1.807, 2.05) is 0 Å². The molecule has 0 bridgehead atoms. The van der Waals surface area contributed by atoms with Crippen LogP contribution in [0.4, 0.5) is 8.78 Å². The van der Waals surface area contributed by atoms with Crippen LogP contribution in [0.3, 0.4) is 0 Å².